The minimum atomic E-state index is -0.0750. The Kier molecular flexibility index (Phi) is 5.49. The zero-order valence-corrected chi connectivity index (χ0v) is 17.4. The molecule has 0 bridgehead atoms. The Balaban J connectivity index is 1.70. The maximum absolute atomic E-state index is 12.5. The van der Waals surface area contributed by atoms with Crippen LogP contribution in [0, 0.1) is 13.8 Å². The first kappa shape index (κ1) is 20.0. The van der Waals surface area contributed by atoms with E-state index in [1.165, 1.54) is 0 Å². The lowest BCUT2D eigenvalue weighted by atomic mass is 9.82. The molecule has 0 unspecified atom stereocenters. The van der Waals surface area contributed by atoms with Crippen LogP contribution in [0.1, 0.15) is 49.8 Å². The lowest BCUT2D eigenvalue weighted by molar-refractivity contribution is -0.146. The predicted molar refractivity (Wildman–Crippen MR) is 107 cm³/mol. The van der Waals surface area contributed by atoms with Crippen LogP contribution in [0.15, 0.2) is 28.8 Å². The number of hydrogen-bond donors (Lipinski definition) is 0. The van der Waals surface area contributed by atoms with E-state index in [9.17, 15) is 4.79 Å². The van der Waals surface area contributed by atoms with Gasteiger partial charge in [0.15, 0.2) is 11.5 Å². The monoisotopic (exact) mass is 384 g/mol. The number of nitrogens with zero attached hydrogens (tertiary/aromatic N) is 2. The van der Waals surface area contributed by atoms with Gasteiger partial charge >= 0.3 is 0 Å². The van der Waals surface area contributed by atoms with Crippen LogP contribution in [0.3, 0.4) is 0 Å². The summed E-state index contributed by atoms with van der Waals surface area (Å²) in [7, 11) is 1.60. The van der Waals surface area contributed by atoms with Gasteiger partial charge in [0.25, 0.3) is 0 Å². The highest BCUT2D eigenvalue weighted by Gasteiger charge is 2.44. The van der Waals surface area contributed by atoms with Crippen molar-refractivity contribution in [1.29, 1.82) is 0 Å². The molecule has 0 saturated carbocycles. The fourth-order valence-electron chi connectivity index (χ4n) is 3.93. The third kappa shape index (κ3) is 3.91. The highest BCUT2D eigenvalue weighted by molar-refractivity contribution is 5.93. The van der Waals surface area contributed by atoms with Crippen molar-refractivity contribution in [2.45, 2.75) is 59.2 Å². The van der Waals surface area contributed by atoms with E-state index in [-0.39, 0.29) is 17.5 Å². The second-order valence-corrected chi connectivity index (χ2v) is 7.91. The van der Waals surface area contributed by atoms with Gasteiger partial charge in [0, 0.05) is 17.7 Å². The van der Waals surface area contributed by atoms with Crippen LogP contribution in [-0.2, 0) is 11.4 Å². The molecule has 0 radical (unpaired) electrons. The highest BCUT2D eigenvalue weighted by atomic mass is 16.5. The van der Waals surface area contributed by atoms with Crippen molar-refractivity contribution in [1.82, 2.24) is 10.1 Å². The zero-order chi connectivity index (χ0) is 20.5. The number of likely N-dealkylation sites (tertiary alicyclic amines) is 1. The van der Waals surface area contributed by atoms with Crippen molar-refractivity contribution in [3.8, 4) is 11.5 Å². The first-order valence-electron chi connectivity index (χ1n) is 9.47. The summed E-state index contributed by atoms with van der Waals surface area (Å²) < 4.78 is 16.5. The average molecular weight is 384 g/mol. The molecule has 1 aliphatic rings. The summed E-state index contributed by atoms with van der Waals surface area (Å²) in [6.07, 6.45) is 4.46. The number of carbonyl (C=O) groups excluding carboxylic acids is 1. The van der Waals surface area contributed by atoms with Crippen molar-refractivity contribution in [2.24, 2.45) is 0 Å². The number of aromatic nitrogens is 1. The lowest BCUT2D eigenvalue weighted by Crippen LogP contribution is -2.63. The van der Waals surface area contributed by atoms with Crippen LogP contribution in [-0.4, -0.2) is 34.7 Å². The Morgan fingerprint density at radius 1 is 1.36 bits per heavy atom. The quantitative estimate of drug-likeness (QED) is 0.695. The molecule has 0 spiro atoms. The van der Waals surface area contributed by atoms with Gasteiger partial charge in [-0.1, -0.05) is 11.2 Å². The Hall–Kier alpha value is -2.76. The van der Waals surface area contributed by atoms with Gasteiger partial charge in [-0.3, -0.25) is 4.79 Å². The van der Waals surface area contributed by atoms with E-state index in [4.69, 9.17) is 14.0 Å². The highest BCUT2D eigenvalue weighted by Crippen LogP contribution is 2.36. The number of methoxy groups -OCH3 is 1. The largest absolute Gasteiger partial charge is 0.493 e. The third-order valence-electron chi connectivity index (χ3n) is 5.28. The number of amides is 1. The Bertz CT molecular complexity index is 878. The van der Waals surface area contributed by atoms with Crippen LogP contribution in [0.4, 0.5) is 0 Å². The standard InChI is InChI=1S/C22H28N2O4/c1-14-12-22(4,5)24(14)21(25)10-8-17-7-9-19(20(11-17)26-6)27-13-18-15(2)23-28-16(18)3/h7-11,14H,12-13H2,1-6H3/b10-8+/t14-/m1/s1. The molecule has 2 heterocycles. The molecule has 0 N–H and O–H groups in total. The van der Waals surface area contributed by atoms with Crippen LogP contribution in [0.2, 0.25) is 0 Å². The van der Waals surface area contributed by atoms with E-state index in [2.05, 4.69) is 25.9 Å². The minimum absolute atomic E-state index is 0.0291. The number of rotatable bonds is 6. The molecule has 1 amide bonds. The molecule has 28 heavy (non-hydrogen) atoms. The van der Waals surface area contributed by atoms with E-state index >= 15 is 0 Å². The van der Waals surface area contributed by atoms with Crippen LogP contribution >= 0.6 is 0 Å². The normalized spacial score (nSPS) is 18.2. The summed E-state index contributed by atoms with van der Waals surface area (Å²) in [5.74, 6) is 2.02. The Labute approximate surface area is 166 Å². The van der Waals surface area contributed by atoms with E-state index in [1.54, 1.807) is 13.2 Å². The first-order chi connectivity index (χ1) is 13.2. The number of hydrogen-bond acceptors (Lipinski definition) is 5. The molecular weight excluding hydrogens is 356 g/mol. The summed E-state index contributed by atoms with van der Waals surface area (Å²) in [6, 6.07) is 5.88. The molecule has 1 saturated heterocycles. The SMILES string of the molecule is COc1cc(/C=C/C(=O)N2[C@H](C)CC2(C)C)ccc1OCc1c(C)noc1C. The fraction of sp³-hybridized carbons (Fsp3) is 0.455. The summed E-state index contributed by atoms with van der Waals surface area (Å²) in [5, 5.41) is 3.94. The predicted octanol–water partition coefficient (Wildman–Crippen LogP) is 4.29. The summed E-state index contributed by atoms with van der Waals surface area (Å²) >= 11 is 0. The molecule has 1 fully saturated rings. The van der Waals surface area contributed by atoms with Gasteiger partial charge in [-0.15, -0.1) is 0 Å². The maximum atomic E-state index is 12.5. The van der Waals surface area contributed by atoms with Gasteiger partial charge in [-0.05, 0) is 64.8 Å². The molecule has 1 aliphatic heterocycles. The van der Waals surface area contributed by atoms with Gasteiger partial charge in [0.05, 0.1) is 18.4 Å². The molecule has 2 aromatic rings. The Morgan fingerprint density at radius 3 is 2.68 bits per heavy atom. The smallest absolute Gasteiger partial charge is 0.247 e. The number of ether oxygens (including phenoxy) is 2. The van der Waals surface area contributed by atoms with Gasteiger partial charge in [0.1, 0.15) is 12.4 Å². The van der Waals surface area contributed by atoms with E-state index in [1.807, 2.05) is 43.0 Å². The minimum Gasteiger partial charge on any atom is -0.493 e. The molecule has 6 heteroatoms. The van der Waals surface area contributed by atoms with Crippen LogP contribution in [0.25, 0.3) is 6.08 Å². The van der Waals surface area contributed by atoms with Crippen molar-refractivity contribution in [3.05, 3.63) is 46.9 Å². The molecule has 1 aromatic heterocycles. The zero-order valence-electron chi connectivity index (χ0n) is 17.4. The van der Waals surface area contributed by atoms with Gasteiger partial charge < -0.3 is 18.9 Å². The molecule has 3 rings (SSSR count). The van der Waals surface area contributed by atoms with Crippen molar-refractivity contribution in [3.63, 3.8) is 0 Å². The van der Waals surface area contributed by atoms with Gasteiger partial charge in [0.2, 0.25) is 5.91 Å². The summed E-state index contributed by atoms with van der Waals surface area (Å²) in [6.45, 7) is 10.4. The molecule has 150 valence electrons. The summed E-state index contributed by atoms with van der Waals surface area (Å²) in [5.41, 5.74) is 2.55. The van der Waals surface area contributed by atoms with E-state index < -0.39 is 0 Å². The molecule has 6 nitrogen and oxygen atoms in total. The maximum Gasteiger partial charge on any atom is 0.247 e. The van der Waals surface area contributed by atoms with Crippen molar-refractivity contribution >= 4 is 12.0 Å². The second-order valence-electron chi connectivity index (χ2n) is 7.91. The number of aryl methyl sites for hydroxylation is 2. The number of benzene rings is 1. The lowest BCUT2D eigenvalue weighted by Gasteiger charge is -2.53. The molecule has 1 atom stereocenters. The van der Waals surface area contributed by atoms with Crippen LogP contribution < -0.4 is 9.47 Å². The average Bonchev–Trinajstić information content (AvgIpc) is 2.95. The van der Waals surface area contributed by atoms with E-state index in [0.29, 0.717) is 18.1 Å². The second kappa shape index (κ2) is 7.70. The first-order valence-corrected chi connectivity index (χ1v) is 9.47. The third-order valence-corrected chi connectivity index (χ3v) is 5.28. The van der Waals surface area contributed by atoms with E-state index in [0.717, 1.165) is 29.0 Å². The van der Waals surface area contributed by atoms with Gasteiger partial charge in [-0.25, -0.2) is 0 Å². The van der Waals surface area contributed by atoms with Crippen LogP contribution in [0.5, 0.6) is 11.5 Å². The Morgan fingerprint density at radius 2 is 2.11 bits per heavy atom. The topological polar surface area (TPSA) is 64.8 Å². The molecular formula is C22H28N2O4. The number of carbonyl (C=O) groups is 1. The molecule has 0 aliphatic carbocycles. The fourth-order valence-corrected chi connectivity index (χ4v) is 3.93. The van der Waals surface area contributed by atoms with Gasteiger partial charge in [-0.2, -0.15) is 0 Å². The molecule has 1 aromatic carbocycles. The summed E-state index contributed by atoms with van der Waals surface area (Å²) in [4.78, 5) is 14.4. The van der Waals surface area contributed by atoms with Crippen molar-refractivity contribution in [2.75, 3.05) is 7.11 Å². The van der Waals surface area contributed by atoms with Crippen molar-refractivity contribution < 1.29 is 18.8 Å².